The summed E-state index contributed by atoms with van der Waals surface area (Å²) in [5.74, 6) is -1.28. The highest BCUT2D eigenvalue weighted by Gasteiger charge is 2.09. The van der Waals surface area contributed by atoms with Gasteiger partial charge in [0.1, 0.15) is 12.4 Å². The first-order valence-electron chi connectivity index (χ1n) is 5.16. The molecule has 0 saturated carbocycles. The molecule has 0 atom stereocenters. The number of rotatable bonds is 4. The SMILES string of the molecule is O=Cc1cccc(F)c1OCc1cncc(F)c1. The van der Waals surface area contributed by atoms with Crippen LogP contribution in [0.15, 0.2) is 36.7 Å². The molecule has 92 valence electrons. The Kier molecular flexibility index (Phi) is 3.62. The molecule has 1 heterocycles. The predicted octanol–water partition coefficient (Wildman–Crippen LogP) is 2.75. The van der Waals surface area contributed by atoms with Crippen LogP contribution in [0.1, 0.15) is 15.9 Å². The zero-order chi connectivity index (χ0) is 13.0. The summed E-state index contributed by atoms with van der Waals surface area (Å²) in [5, 5.41) is 0. The van der Waals surface area contributed by atoms with Crippen LogP contribution in [-0.2, 0) is 6.61 Å². The van der Waals surface area contributed by atoms with Gasteiger partial charge in [-0.1, -0.05) is 6.07 Å². The van der Waals surface area contributed by atoms with Crippen LogP contribution in [0.5, 0.6) is 5.75 Å². The molecular weight excluding hydrogens is 240 g/mol. The number of hydrogen-bond donors (Lipinski definition) is 0. The summed E-state index contributed by atoms with van der Waals surface area (Å²) in [6.45, 7) is -0.0630. The third-order valence-electron chi connectivity index (χ3n) is 2.27. The van der Waals surface area contributed by atoms with Gasteiger partial charge in [0, 0.05) is 11.8 Å². The summed E-state index contributed by atoms with van der Waals surface area (Å²) in [7, 11) is 0. The van der Waals surface area contributed by atoms with Crippen LogP contribution in [-0.4, -0.2) is 11.3 Å². The summed E-state index contributed by atoms with van der Waals surface area (Å²) in [6.07, 6.45) is 2.97. The highest BCUT2D eigenvalue weighted by Crippen LogP contribution is 2.22. The van der Waals surface area contributed by atoms with Gasteiger partial charge in [0.2, 0.25) is 0 Å². The summed E-state index contributed by atoms with van der Waals surface area (Å²) in [6, 6.07) is 5.27. The Balaban J connectivity index is 2.18. The van der Waals surface area contributed by atoms with Crippen molar-refractivity contribution >= 4 is 6.29 Å². The van der Waals surface area contributed by atoms with Crippen LogP contribution < -0.4 is 4.74 Å². The maximum Gasteiger partial charge on any atom is 0.165 e. The summed E-state index contributed by atoms with van der Waals surface area (Å²) < 4.78 is 31.5. The lowest BCUT2D eigenvalue weighted by atomic mass is 10.2. The number of hydrogen-bond acceptors (Lipinski definition) is 3. The van der Waals surface area contributed by atoms with Crippen molar-refractivity contribution in [2.75, 3.05) is 0 Å². The minimum absolute atomic E-state index is 0.0630. The van der Waals surface area contributed by atoms with Crippen molar-refractivity contribution in [2.45, 2.75) is 6.61 Å². The number of carbonyl (C=O) groups is 1. The molecule has 0 spiro atoms. The molecule has 0 radical (unpaired) electrons. The molecule has 2 aromatic rings. The molecule has 0 N–H and O–H groups in total. The van der Waals surface area contributed by atoms with Crippen LogP contribution in [0, 0.1) is 11.6 Å². The van der Waals surface area contributed by atoms with Crippen molar-refractivity contribution in [2.24, 2.45) is 0 Å². The Morgan fingerprint density at radius 2 is 2.11 bits per heavy atom. The third kappa shape index (κ3) is 2.68. The number of pyridine rings is 1. The van der Waals surface area contributed by atoms with Gasteiger partial charge in [-0.3, -0.25) is 9.78 Å². The molecule has 0 aliphatic rings. The van der Waals surface area contributed by atoms with Gasteiger partial charge in [0.05, 0.1) is 11.8 Å². The third-order valence-corrected chi connectivity index (χ3v) is 2.27. The molecule has 0 bridgehead atoms. The van der Waals surface area contributed by atoms with Crippen LogP contribution in [0.25, 0.3) is 0 Å². The number of para-hydroxylation sites is 1. The van der Waals surface area contributed by atoms with E-state index in [9.17, 15) is 13.6 Å². The van der Waals surface area contributed by atoms with E-state index in [2.05, 4.69) is 4.98 Å². The molecule has 0 amide bonds. The van der Waals surface area contributed by atoms with Crippen LogP contribution in [0.2, 0.25) is 0 Å². The first kappa shape index (κ1) is 12.2. The first-order valence-corrected chi connectivity index (χ1v) is 5.16. The molecule has 0 aliphatic heterocycles. The standard InChI is InChI=1S/C13H9F2NO2/c14-11-4-9(5-16-6-11)8-18-13-10(7-17)2-1-3-12(13)15/h1-7H,8H2. The fourth-order valence-electron chi connectivity index (χ4n) is 1.46. The van der Waals surface area contributed by atoms with E-state index in [0.29, 0.717) is 11.8 Å². The van der Waals surface area contributed by atoms with Crippen molar-refractivity contribution in [1.82, 2.24) is 4.98 Å². The van der Waals surface area contributed by atoms with Crippen molar-refractivity contribution in [3.63, 3.8) is 0 Å². The maximum atomic E-state index is 13.4. The van der Waals surface area contributed by atoms with Gasteiger partial charge < -0.3 is 4.74 Å². The fraction of sp³-hybridized carbons (Fsp3) is 0.0769. The number of benzene rings is 1. The Bertz CT molecular complexity index is 573. The Morgan fingerprint density at radius 3 is 2.83 bits per heavy atom. The minimum atomic E-state index is -0.635. The Morgan fingerprint density at radius 1 is 1.28 bits per heavy atom. The summed E-state index contributed by atoms with van der Waals surface area (Å²) in [4.78, 5) is 14.4. The predicted molar refractivity (Wildman–Crippen MR) is 60.3 cm³/mol. The Hall–Kier alpha value is -2.30. The smallest absolute Gasteiger partial charge is 0.165 e. The van der Waals surface area contributed by atoms with Gasteiger partial charge in [0.15, 0.2) is 17.9 Å². The van der Waals surface area contributed by atoms with E-state index in [4.69, 9.17) is 4.74 Å². The number of carbonyl (C=O) groups excluding carboxylic acids is 1. The number of halogens is 2. The van der Waals surface area contributed by atoms with Gasteiger partial charge in [-0.05, 0) is 18.2 Å². The molecular formula is C13H9F2NO2. The average molecular weight is 249 g/mol. The highest BCUT2D eigenvalue weighted by atomic mass is 19.1. The number of ether oxygens (including phenoxy) is 1. The normalized spacial score (nSPS) is 10.1. The lowest BCUT2D eigenvalue weighted by molar-refractivity contribution is 0.111. The maximum absolute atomic E-state index is 13.4. The molecule has 0 unspecified atom stereocenters. The summed E-state index contributed by atoms with van der Waals surface area (Å²) >= 11 is 0. The Labute approximate surface area is 102 Å². The monoisotopic (exact) mass is 249 g/mol. The lowest BCUT2D eigenvalue weighted by Gasteiger charge is -2.09. The van der Waals surface area contributed by atoms with E-state index in [1.807, 2.05) is 0 Å². The van der Waals surface area contributed by atoms with E-state index < -0.39 is 11.6 Å². The molecule has 3 nitrogen and oxygen atoms in total. The minimum Gasteiger partial charge on any atom is -0.485 e. The average Bonchev–Trinajstić information content (AvgIpc) is 2.37. The van der Waals surface area contributed by atoms with Crippen molar-refractivity contribution in [3.05, 3.63) is 59.4 Å². The first-order chi connectivity index (χ1) is 8.70. The second-order valence-corrected chi connectivity index (χ2v) is 3.58. The van der Waals surface area contributed by atoms with Crippen molar-refractivity contribution in [3.8, 4) is 5.75 Å². The molecule has 0 fully saturated rings. The fourth-order valence-corrected chi connectivity index (χ4v) is 1.46. The largest absolute Gasteiger partial charge is 0.485 e. The molecule has 1 aromatic heterocycles. The van der Waals surface area contributed by atoms with E-state index >= 15 is 0 Å². The van der Waals surface area contributed by atoms with E-state index in [0.717, 1.165) is 6.20 Å². The number of aromatic nitrogens is 1. The van der Waals surface area contributed by atoms with Crippen molar-refractivity contribution < 1.29 is 18.3 Å². The second-order valence-electron chi connectivity index (χ2n) is 3.58. The number of nitrogens with zero attached hydrogens (tertiary/aromatic N) is 1. The molecule has 18 heavy (non-hydrogen) atoms. The zero-order valence-corrected chi connectivity index (χ0v) is 9.27. The van der Waals surface area contributed by atoms with Gasteiger partial charge in [-0.2, -0.15) is 0 Å². The van der Waals surface area contributed by atoms with Gasteiger partial charge in [-0.15, -0.1) is 0 Å². The molecule has 1 aromatic carbocycles. The van der Waals surface area contributed by atoms with Gasteiger partial charge >= 0.3 is 0 Å². The van der Waals surface area contributed by atoms with Crippen LogP contribution in [0.4, 0.5) is 8.78 Å². The molecule has 2 rings (SSSR count). The van der Waals surface area contributed by atoms with E-state index in [1.54, 1.807) is 0 Å². The topological polar surface area (TPSA) is 39.2 Å². The van der Waals surface area contributed by atoms with Gasteiger partial charge in [-0.25, -0.2) is 8.78 Å². The number of aldehydes is 1. The summed E-state index contributed by atoms with van der Waals surface area (Å²) in [5.41, 5.74) is 0.564. The zero-order valence-electron chi connectivity index (χ0n) is 9.27. The van der Waals surface area contributed by atoms with Gasteiger partial charge in [0.25, 0.3) is 0 Å². The van der Waals surface area contributed by atoms with E-state index in [-0.39, 0.29) is 17.9 Å². The molecule has 5 heteroatoms. The van der Waals surface area contributed by atoms with Crippen molar-refractivity contribution in [1.29, 1.82) is 0 Å². The molecule has 0 saturated heterocycles. The quantitative estimate of drug-likeness (QED) is 0.782. The lowest BCUT2D eigenvalue weighted by Crippen LogP contribution is -2.01. The van der Waals surface area contributed by atoms with Crippen LogP contribution in [0.3, 0.4) is 0 Å². The molecule has 0 aliphatic carbocycles. The van der Waals surface area contributed by atoms with E-state index in [1.165, 1.54) is 30.5 Å². The highest BCUT2D eigenvalue weighted by molar-refractivity contribution is 5.79. The second kappa shape index (κ2) is 5.35. The van der Waals surface area contributed by atoms with Crippen LogP contribution >= 0.6 is 0 Å².